The second-order valence-electron chi connectivity index (χ2n) is 7.15. The van der Waals surface area contributed by atoms with E-state index in [0.717, 1.165) is 11.1 Å². The highest BCUT2D eigenvalue weighted by Crippen LogP contribution is 2.29. The number of aryl methyl sites for hydroxylation is 3. The van der Waals surface area contributed by atoms with E-state index < -0.39 is 0 Å². The fourth-order valence-corrected chi connectivity index (χ4v) is 3.80. The minimum Gasteiger partial charge on any atom is -0.493 e. The molecule has 7 nitrogen and oxygen atoms in total. The van der Waals surface area contributed by atoms with Crippen molar-refractivity contribution in [2.75, 3.05) is 19.1 Å². The predicted octanol–water partition coefficient (Wildman–Crippen LogP) is 5.28. The Balaban J connectivity index is 1.65. The summed E-state index contributed by atoms with van der Waals surface area (Å²) in [7, 11) is 1.61. The molecule has 3 aromatic rings. The van der Waals surface area contributed by atoms with Gasteiger partial charge in [0.05, 0.1) is 25.6 Å². The molecule has 8 heteroatoms. The average molecular weight is 454 g/mol. The number of nitrogens with zero attached hydrogens (tertiary/aromatic N) is 2. The summed E-state index contributed by atoms with van der Waals surface area (Å²) < 4.78 is 16.5. The highest BCUT2D eigenvalue weighted by Gasteiger charge is 2.16. The Morgan fingerprint density at radius 2 is 1.97 bits per heavy atom. The van der Waals surface area contributed by atoms with Crippen molar-refractivity contribution < 1.29 is 19.0 Å². The zero-order chi connectivity index (χ0) is 23.1. The summed E-state index contributed by atoms with van der Waals surface area (Å²) in [4.78, 5) is 16.7. The monoisotopic (exact) mass is 453 g/mol. The molecule has 0 aliphatic heterocycles. The molecule has 2 aromatic carbocycles. The standard InChI is InChI=1S/C24H27N3O4S/c1-6-30-23(28)22-17(4)26-24(32-22)27-25-13-18-9-10-20(21(12-18)29-5)31-14-19-11-15(2)7-8-16(19)3/h7-13H,6,14H2,1-5H3,(H,26,27)/b25-13-. The first-order valence-corrected chi connectivity index (χ1v) is 11.0. The first-order chi connectivity index (χ1) is 15.4. The van der Waals surface area contributed by atoms with E-state index in [1.807, 2.05) is 18.2 Å². The quantitative estimate of drug-likeness (QED) is 0.270. The van der Waals surface area contributed by atoms with E-state index in [1.165, 1.54) is 22.5 Å². The van der Waals surface area contributed by atoms with Crippen LogP contribution in [0.4, 0.5) is 5.13 Å². The zero-order valence-electron chi connectivity index (χ0n) is 18.9. The number of rotatable bonds is 9. The lowest BCUT2D eigenvalue weighted by molar-refractivity contribution is 0.0531. The summed E-state index contributed by atoms with van der Waals surface area (Å²) >= 11 is 1.20. The molecule has 0 fully saturated rings. The maximum atomic E-state index is 11.9. The van der Waals surface area contributed by atoms with Gasteiger partial charge >= 0.3 is 5.97 Å². The zero-order valence-corrected chi connectivity index (χ0v) is 19.7. The molecule has 0 saturated carbocycles. The fourth-order valence-electron chi connectivity index (χ4n) is 2.99. The second kappa shape index (κ2) is 10.8. The van der Waals surface area contributed by atoms with Crippen LogP contribution in [0.1, 0.15) is 44.5 Å². The van der Waals surface area contributed by atoms with Crippen LogP contribution in [0.15, 0.2) is 41.5 Å². The van der Waals surface area contributed by atoms with E-state index in [1.54, 1.807) is 27.2 Å². The van der Waals surface area contributed by atoms with E-state index in [2.05, 4.69) is 47.6 Å². The number of anilines is 1. The molecule has 3 rings (SSSR count). The summed E-state index contributed by atoms with van der Waals surface area (Å²) in [6, 6.07) is 11.9. The number of carbonyl (C=O) groups excluding carboxylic acids is 1. The summed E-state index contributed by atoms with van der Waals surface area (Å²) in [6.45, 7) is 8.46. The third kappa shape index (κ3) is 5.85. The number of carbonyl (C=O) groups is 1. The van der Waals surface area contributed by atoms with Crippen molar-refractivity contribution in [2.45, 2.75) is 34.3 Å². The van der Waals surface area contributed by atoms with Gasteiger partial charge in [0, 0.05) is 0 Å². The molecule has 0 aliphatic rings. The fraction of sp³-hybridized carbons (Fsp3) is 0.292. The SMILES string of the molecule is CCOC(=O)c1sc(N/N=C\c2ccc(OCc3cc(C)ccc3C)c(OC)c2)nc1C. The van der Waals surface area contributed by atoms with Crippen molar-refractivity contribution >= 4 is 28.7 Å². The van der Waals surface area contributed by atoms with Crippen molar-refractivity contribution in [3.8, 4) is 11.5 Å². The maximum Gasteiger partial charge on any atom is 0.350 e. The summed E-state index contributed by atoms with van der Waals surface area (Å²) in [5.74, 6) is 0.905. The average Bonchev–Trinajstić information content (AvgIpc) is 3.15. The van der Waals surface area contributed by atoms with Crippen LogP contribution in [0.25, 0.3) is 0 Å². The molecule has 0 spiro atoms. The maximum absolute atomic E-state index is 11.9. The van der Waals surface area contributed by atoms with Crippen molar-refractivity contribution in [3.63, 3.8) is 0 Å². The van der Waals surface area contributed by atoms with Crippen LogP contribution in [0, 0.1) is 20.8 Å². The molecule has 1 N–H and O–H groups in total. The minimum atomic E-state index is -0.374. The van der Waals surface area contributed by atoms with Crippen LogP contribution in [0.5, 0.6) is 11.5 Å². The highest BCUT2D eigenvalue weighted by molar-refractivity contribution is 7.17. The molecule has 0 bridgehead atoms. The summed E-state index contributed by atoms with van der Waals surface area (Å²) in [5.41, 5.74) is 7.82. The highest BCUT2D eigenvalue weighted by atomic mass is 32.1. The lowest BCUT2D eigenvalue weighted by Crippen LogP contribution is -2.03. The van der Waals surface area contributed by atoms with Crippen LogP contribution in [0.3, 0.4) is 0 Å². The van der Waals surface area contributed by atoms with E-state index in [4.69, 9.17) is 14.2 Å². The van der Waals surface area contributed by atoms with Gasteiger partial charge in [-0.15, -0.1) is 0 Å². The predicted molar refractivity (Wildman–Crippen MR) is 127 cm³/mol. The molecular formula is C24H27N3O4S. The lowest BCUT2D eigenvalue weighted by atomic mass is 10.1. The van der Waals surface area contributed by atoms with Crippen molar-refractivity contribution in [1.82, 2.24) is 4.98 Å². The molecule has 0 unspecified atom stereocenters. The molecule has 0 radical (unpaired) electrons. The molecule has 0 atom stereocenters. The summed E-state index contributed by atoms with van der Waals surface area (Å²) in [5, 5.41) is 4.73. The van der Waals surface area contributed by atoms with Crippen molar-refractivity contribution in [2.24, 2.45) is 5.10 Å². The molecular weight excluding hydrogens is 426 g/mol. The Hall–Kier alpha value is -3.39. The van der Waals surface area contributed by atoms with Gasteiger partial charge in [0.2, 0.25) is 5.13 Å². The van der Waals surface area contributed by atoms with Crippen molar-refractivity contribution in [1.29, 1.82) is 0 Å². The number of thiazole rings is 1. The largest absolute Gasteiger partial charge is 0.493 e. The molecule has 1 aromatic heterocycles. The Morgan fingerprint density at radius 3 is 2.72 bits per heavy atom. The Morgan fingerprint density at radius 1 is 1.16 bits per heavy atom. The topological polar surface area (TPSA) is 82.0 Å². The number of hydrogen-bond acceptors (Lipinski definition) is 8. The Bertz CT molecular complexity index is 1120. The van der Waals surface area contributed by atoms with Gasteiger partial charge in [0.1, 0.15) is 11.5 Å². The van der Waals surface area contributed by atoms with E-state index in [0.29, 0.717) is 40.4 Å². The van der Waals surface area contributed by atoms with Gasteiger partial charge in [0.25, 0.3) is 0 Å². The number of ether oxygens (including phenoxy) is 3. The Kier molecular flexibility index (Phi) is 7.83. The van der Waals surface area contributed by atoms with Gasteiger partial charge in [-0.3, -0.25) is 5.43 Å². The summed E-state index contributed by atoms with van der Waals surface area (Å²) in [6.07, 6.45) is 1.65. The van der Waals surface area contributed by atoms with Crippen LogP contribution in [-0.2, 0) is 11.3 Å². The van der Waals surface area contributed by atoms with Gasteiger partial charge in [-0.05, 0) is 62.6 Å². The second-order valence-corrected chi connectivity index (χ2v) is 8.15. The lowest BCUT2D eigenvalue weighted by Gasteiger charge is -2.13. The number of hydrogen-bond donors (Lipinski definition) is 1. The number of hydrazone groups is 1. The van der Waals surface area contributed by atoms with Gasteiger partial charge in [-0.25, -0.2) is 9.78 Å². The Labute approximate surface area is 192 Å². The van der Waals surface area contributed by atoms with Crippen LogP contribution in [0.2, 0.25) is 0 Å². The first kappa shape index (κ1) is 23.3. The van der Waals surface area contributed by atoms with Crippen LogP contribution in [-0.4, -0.2) is 30.9 Å². The van der Waals surface area contributed by atoms with Gasteiger partial charge in [-0.1, -0.05) is 35.1 Å². The number of esters is 1. The van der Waals surface area contributed by atoms with Gasteiger partial charge in [-0.2, -0.15) is 5.10 Å². The number of nitrogens with one attached hydrogen (secondary N) is 1. The number of aromatic nitrogens is 1. The van der Waals surface area contributed by atoms with Gasteiger partial charge < -0.3 is 14.2 Å². The smallest absolute Gasteiger partial charge is 0.350 e. The molecule has 1 heterocycles. The minimum absolute atomic E-state index is 0.323. The molecule has 0 saturated heterocycles. The van der Waals surface area contributed by atoms with E-state index in [9.17, 15) is 4.79 Å². The van der Waals surface area contributed by atoms with E-state index in [-0.39, 0.29) is 5.97 Å². The molecule has 32 heavy (non-hydrogen) atoms. The van der Waals surface area contributed by atoms with Gasteiger partial charge in [0.15, 0.2) is 11.5 Å². The van der Waals surface area contributed by atoms with Crippen LogP contribution >= 0.6 is 11.3 Å². The number of benzene rings is 2. The molecule has 0 aliphatic carbocycles. The number of methoxy groups -OCH3 is 1. The first-order valence-electron chi connectivity index (χ1n) is 10.2. The third-order valence-electron chi connectivity index (χ3n) is 4.71. The molecule has 0 amide bonds. The molecule has 168 valence electrons. The van der Waals surface area contributed by atoms with E-state index >= 15 is 0 Å². The normalized spacial score (nSPS) is 10.9. The van der Waals surface area contributed by atoms with Crippen molar-refractivity contribution in [3.05, 3.63) is 69.2 Å². The third-order valence-corrected chi connectivity index (χ3v) is 5.75. The van der Waals surface area contributed by atoms with Crippen LogP contribution < -0.4 is 14.9 Å².